The molecule has 1 amide bonds. The van der Waals surface area contributed by atoms with Gasteiger partial charge in [-0.05, 0) is 47.1 Å². The third-order valence-electron chi connectivity index (χ3n) is 3.16. The number of carbonyl (C=O) groups excluding carboxylic acids is 2. The standard InChI is InChI=1S/C16H12BrFN2O5/c1-9(25-16(22)11-4-2-3-5-12(11)17)15(21)19-10-6-7-13(18)14(8-10)20(23)24/h2-9H,1H3,(H,19,21)/t9-/m1/s1. The van der Waals surface area contributed by atoms with E-state index in [9.17, 15) is 24.1 Å². The Hall–Kier alpha value is -2.81. The summed E-state index contributed by atoms with van der Waals surface area (Å²) in [6.45, 7) is 1.35. The highest BCUT2D eigenvalue weighted by Crippen LogP contribution is 2.22. The molecule has 0 spiro atoms. The molecule has 0 aliphatic heterocycles. The average molecular weight is 411 g/mol. The smallest absolute Gasteiger partial charge is 0.340 e. The predicted octanol–water partition coefficient (Wildman–Crippen LogP) is 3.68. The Labute approximate surface area is 150 Å². The molecule has 0 fully saturated rings. The monoisotopic (exact) mass is 410 g/mol. The maximum atomic E-state index is 13.3. The minimum absolute atomic E-state index is 0.0156. The molecular weight excluding hydrogens is 399 g/mol. The molecule has 0 aromatic heterocycles. The van der Waals surface area contributed by atoms with Gasteiger partial charge >= 0.3 is 11.7 Å². The number of benzene rings is 2. The molecule has 0 heterocycles. The van der Waals surface area contributed by atoms with Crippen molar-refractivity contribution in [1.29, 1.82) is 0 Å². The number of nitro benzene ring substituents is 1. The third-order valence-corrected chi connectivity index (χ3v) is 3.85. The van der Waals surface area contributed by atoms with E-state index in [1.807, 2.05) is 0 Å². The topological polar surface area (TPSA) is 98.5 Å². The van der Waals surface area contributed by atoms with Crippen molar-refractivity contribution in [3.63, 3.8) is 0 Å². The van der Waals surface area contributed by atoms with Gasteiger partial charge in [-0.1, -0.05) is 12.1 Å². The van der Waals surface area contributed by atoms with Gasteiger partial charge in [0.25, 0.3) is 5.91 Å². The highest BCUT2D eigenvalue weighted by Gasteiger charge is 2.22. The summed E-state index contributed by atoms with van der Waals surface area (Å²) >= 11 is 3.21. The van der Waals surface area contributed by atoms with Gasteiger partial charge in [-0.3, -0.25) is 14.9 Å². The second kappa shape index (κ2) is 7.84. The zero-order valence-electron chi connectivity index (χ0n) is 12.9. The molecule has 0 bridgehead atoms. The maximum absolute atomic E-state index is 13.3. The van der Waals surface area contributed by atoms with E-state index in [1.54, 1.807) is 18.2 Å². The highest BCUT2D eigenvalue weighted by molar-refractivity contribution is 9.10. The van der Waals surface area contributed by atoms with E-state index in [-0.39, 0.29) is 11.3 Å². The van der Waals surface area contributed by atoms with E-state index in [4.69, 9.17) is 4.74 Å². The third kappa shape index (κ3) is 4.60. The van der Waals surface area contributed by atoms with Gasteiger partial charge in [0, 0.05) is 16.2 Å². The molecule has 2 aromatic carbocycles. The number of hydrogen-bond donors (Lipinski definition) is 1. The van der Waals surface area contributed by atoms with E-state index in [1.165, 1.54) is 19.1 Å². The number of halogens is 2. The van der Waals surface area contributed by atoms with Crippen LogP contribution in [0, 0.1) is 15.9 Å². The molecule has 0 aliphatic rings. The summed E-state index contributed by atoms with van der Waals surface area (Å²) in [5, 5.41) is 13.0. The van der Waals surface area contributed by atoms with Gasteiger partial charge in [0.05, 0.1) is 10.5 Å². The van der Waals surface area contributed by atoms with Crippen molar-refractivity contribution in [2.24, 2.45) is 0 Å². The predicted molar refractivity (Wildman–Crippen MR) is 90.7 cm³/mol. The summed E-state index contributed by atoms with van der Waals surface area (Å²) in [4.78, 5) is 33.9. The number of esters is 1. The van der Waals surface area contributed by atoms with Crippen LogP contribution in [-0.2, 0) is 9.53 Å². The van der Waals surface area contributed by atoms with Crippen LogP contribution in [0.3, 0.4) is 0 Å². The Morgan fingerprint density at radius 2 is 1.96 bits per heavy atom. The van der Waals surface area contributed by atoms with E-state index >= 15 is 0 Å². The number of amides is 1. The number of nitrogens with one attached hydrogen (secondary N) is 1. The van der Waals surface area contributed by atoms with Gasteiger partial charge in [0.15, 0.2) is 6.10 Å². The first-order valence-corrected chi connectivity index (χ1v) is 7.79. The summed E-state index contributed by atoms with van der Waals surface area (Å²) in [5.41, 5.74) is -0.503. The van der Waals surface area contributed by atoms with Crippen molar-refractivity contribution in [1.82, 2.24) is 0 Å². The summed E-state index contributed by atoms with van der Waals surface area (Å²) in [7, 11) is 0. The lowest BCUT2D eigenvalue weighted by Crippen LogP contribution is -2.30. The van der Waals surface area contributed by atoms with Crippen LogP contribution >= 0.6 is 15.9 Å². The van der Waals surface area contributed by atoms with Gasteiger partial charge in [-0.2, -0.15) is 4.39 Å². The Morgan fingerprint density at radius 3 is 2.60 bits per heavy atom. The van der Waals surface area contributed by atoms with Crippen LogP contribution in [-0.4, -0.2) is 22.9 Å². The molecule has 1 atom stereocenters. The summed E-state index contributed by atoms with van der Waals surface area (Å²) in [5.74, 6) is -2.43. The molecule has 2 rings (SSSR count). The molecule has 2 aromatic rings. The molecule has 130 valence electrons. The van der Waals surface area contributed by atoms with Crippen LogP contribution in [0.2, 0.25) is 0 Å². The molecule has 1 N–H and O–H groups in total. The second-order valence-electron chi connectivity index (χ2n) is 4.94. The highest BCUT2D eigenvalue weighted by atomic mass is 79.9. The minimum atomic E-state index is -1.16. The van der Waals surface area contributed by atoms with Gasteiger partial charge in [0.2, 0.25) is 5.82 Å². The Morgan fingerprint density at radius 1 is 1.28 bits per heavy atom. The maximum Gasteiger partial charge on any atom is 0.340 e. The van der Waals surface area contributed by atoms with E-state index in [0.29, 0.717) is 4.47 Å². The lowest BCUT2D eigenvalue weighted by molar-refractivity contribution is -0.387. The molecule has 7 nitrogen and oxygen atoms in total. The van der Waals surface area contributed by atoms with Gasteiger partial charge in [-0.25, -0.2) is 4.79 Å². The number of nitrogens with zero attached hydrogens (tertiary/aromatic N) is 1. The van der Waals surface area contributed by atoms with Crippen molar-refractivity contribution in [2.75, 3.05) is 5.32 Å². The molecule has 0 unspecified atom stereocenters. The number of hydrogen-bond acceptors (Lipinski definition) is 5. The largest absolute Gasteiger partial charge is 0.449 e. The SMILES string of the molecule is C[C@@H](OC(=O)c1ccccc1Br)C(=O)Nc1ccc(F)c([N+](=O)[O-])c1. The Kier molecular flexibility index (Phi) is 5.81. The lowest BCUT2D eigenvalue weighted by Gasteiger charge is -2.14. The fraction of sp³-hybridized carbons (Fsp3) is 0.125. The number of rotatable bonds is 5. The molecule has 0 aliphatic carbocycles. The van der Waals surface area contributed by atoms with Crippen molar-refractivity contribution in [3.05, 3.63) is 68.4 Å². The fourth-order valence-electron chi connectivity index (χ4n) is 1.88. The fourth-order valence-corrected chi connectivity index (χ4v) is 2.33. The average Bonchev–Trinajstić information content (AvgIpc) is 2.56. The first-order chi connectivity index (χ1) is 11.8. The number of ether oxygens (including phenoxy) is 1. The zero-order valence-corrected chi connectivity index (χ0v) is 14.4. The Balaban J connectivity index is 2.06. The lowest BCUT2D eigenvalue weighted by atomic mass is 10.2. The molecule has 0 saturated carbocycles. The van der Waals surface area contributed by atoms with Crippen molar-refractivity contribution < 1.29 is 23.6 Å². The normalized spacial score (nSPS) is 11.5. The van der Waals surface area contributed by atoms with Crippen LogP contribution in [0.25, 0.3) is 0 Å². The summed E-state index contributed by atoms with van der Waals surface area (Å²) in [6, 6.07) is 9.46. The molecule has 0 radical (unpaired) electrons. The molecule has 25 heavy (non-hydrogen) atoms. The van der Waals surface area contributed by atoms with Crippen LogP contribution in [0.5, 0.6) is 0 Å². The molecule has 0 saturated heterocycles. The van der Waals surface area contributed by atoms with Gasteiger partial charge in [0.1, 0.15) is 0 Å². The molecule has 9 heteroatoms. The van der Waals surface area contributed by atoms with E-state index in [2.05, 4.69) is 21.2 Å². The minimum Gasteiger partial charge on any atom is -0.449 e. The number of nitro groups is 1. The Bertz CT molecular complexity index is 843. The zero-order chi connectivity index (χ0) is 18.6. The van der Waals surface area contributed by atoms with Crippen LogP contribution in [0.1, 0.15) is 17.3 Å². The van der Waals surface area contributed by atoms with E-state index in [0.717, 1.165) is 12.1 Å². The first kappa shape index (κ1) is 18.5. The van der Waals surface area contributed by atoms with Gasteiger partial charge < -0.3 is 10.1 Å². The van der Waals surface area contributed by atoms with Crippen LogP contribution in [0.15, 0.2) is 46.9 Å². The summed E-state index contributed by atoms with van der Waals surface area (Å²) < 4.78 is 18.9. The van der Waals surface area contributed by atoms with Crippen molar-refractivity contribution in [3.8, 4) is 0 Å². The van der Waals surface area contributed by atoms with Crippen molar-refractivity contribution >= 4 is 39.2 Å². The second-order valence-corrected chi connectivity index (χ2v) is 5.79. The quantitative estimate of drug-likeness (QED) is 0.460. The number of anilines is 1. The van der Waals surface area contributed by atoms with E-state index < -0.39 is 34.4 Å². The first-order valence-electron chi connectivity index (χ1n) is 7.00. The van der Waals surface area contributed by atoms with Gasteiger partial charge in [-0.15, -0.1) is 0 Å². The summed E-state index contributed by atoms with van der Waals surface area (Å²) in [6.07, 6.45) is -1.16. The van der Waals surface area contributed by atoms with Crippen LogP contribution < -0.4 is 5.32 Å². The van der Waals surface area contributed by atoms with Crippen LogP contribution in [0.4, 0.5) is 15.8 Å². The van der Waals surface area contributed by atoms with Crippen molar-refractivity contribution in [2.45, 2.75) is 13.0 Å². The number of carbonyl (C=O) groups is 2. The molecular formula is C16H12BrFN2O5.